The second-order valence-electron chi connectivity index (χ2n) is 3.18. The molecule has 1 heterocycles. The highest BCUT2D eigenvalue weighted by molar-refractivity contribution is 9.10. The molecule has 0 fully saturated rings. The van der Waals surface area contributed by atoms with Crippen LogP contribution in [0.5, 0.6) is 0 Å². The number of nitrogens with one attached hydrogen (secondary N) is 1. The van der Waals surface area contributed by atoms with Gasteiger partial charge in [-0.05, 0) is 15.9 Å². The molecule has 0 radical (unpaired) electrons. The molecule has 1 rings (SSSR count). The van der Waals surface area contributed by atoms with Gasteiger partial charge in [0.25, 0.3) is 0 Å². The smallest absolute Gasteiger partial charge is 0.330 e. The molecule has 0 aromatic carbocycles. The number of nitrogens with zero attached hydrogens (tertiary/aromatic N) is 2. The zero-order chi connectivity index (χ0) is 13.7. The molecule has 0 aliphatic rings. The fourth-order valence-corrected chi connectivity index (χ4v) is 1.64. The molecule has 0 saturated carbocycles. The van der Waals surface area contributed by atoms with Crippen molar-refractivity contribution in [3.63, 3.8) is 0 Å². The molecule has 0 saturated heterocycles. The van der Waals surface area contributed by atoms with Crippen LogP contribution >= 0.6 is 15.9 Å². The van der Waals surface area contributed by atoms with Gasteiger partial charge in [-0.1, -0.05) is 0 Å². The second-order valence-corrected chi connectivity index (χ2v) is 4.03. The van der Waals surface area contributed by atoms with Crippen LogP contribution in [0, 0.1) is 10.1 Å². The molecule has 0 bridgehead atoms. The van der Waals surface area contributed by atoms with E-state index < -0.39 is 23.5 Å². The molecule has 0 aliphatic heterocycles. The summed E-state index contributed by atoms with van der Waals surface area (Å²) in [6.45, 7) is -0.557. The number of halogens is 1. The maximum Gasteiger partial charge on any atom is 0.330 e. The third-order valence-electron chi connectivity index (χ3n) is 2.06. The number of esters is 1. The highest BCUT2D eigenvalue weighted by atomic mass is 79.9. The molecule has 18 heavy (non-hydrogen) atoms. The molecule has 8 nitrogen and oxygen atoms in total. The Hall–Kier alpha value is -1.74. The molecular weight excluding hydrogens is 310 g/mol. The van der Waals surface area contributed by atoms with Crippen LogP contribution in [0.25, 0.3) is 0 Å². The first-order valence-corrected chi connectivity index (χ1v) is 5.53. The number of carbonyl (C=O) groups is 1. The van der Waals surface area contributed by atoms with Gasteiger partial charge in [0, 0.05) is 6.20 Å². The van der Waals surface area contributed by atoms with E-state index in [0.717, 1.165) is 13.3 Å². The second kappa shape index (κ2) is 6.26. The summed E-state index contributed by atoms with van der Waals surface area (Å²) in [4.78, 5) is 25.1. The monoisotopic (exact) mass is 319 g/mol. The Balaban J connectivity index is 3.09. The topological polar surface area (TPSA) is 115 Å². The van der Waals surface area contributed by atoms with E-state index in [1.807, 2.05) is 0 Å². The van der Waals surface area contributed by atoms with Crippen LogP contribution in [-0.4, -0.2) is 40.7 Å². The van der Waals surface area contributed by atoms with Gasteiger partial charge in [0.15, 0.2) is 0 Å². The molecule has 1 atom stereocenters. The van der Waals surface area contributed by atoms with Crippen molar-refractivity contribution in [2.24, 2.45) is 0 Å². The fourth-order valence-electron chi connectivity index (χ4n) is 1.20. The van der Waals surface area contributed by atoms with E-state index in [9.17, 15) is 14.9 Å². The SMILES string of the molecule is COC(=O)C(CO)Nc1c(Br)cncc1[N+](=O)[O-]. The van der Waals surface area contributed by atoms with Crippen molar-refractivity contribution in [3.05, 3.63) is 27.0 Å². The van der Waals surface area contributed by atoms with E-state index in [-0.39, 0.29) is 11.4 Å². The lowest BCUT2D eigenvalue weighted by molar-refractivity contribution is -0.384. The van der Waals surface area contributed by atoms with Gasteiger partial charge in [0.1, 0.15) is 17.9 Å². The zero-order valence-corrected chi connectivity index (χ0v) is 10.9. The third-order valence-corrected chi connectivity index (χ3v) is 2.66. The maximum atomic E-state index is 11.3. The Bertz CT molecular complexity index is 468. The van der Waals surface area contributed by atoms with Gasteiger partial charge >= 0.3 is 11.7 Å². The maximum absolute atomic E-state index is 11.3. The molecule has 0 aliphatic carbocycles. The van der Waals surface area contributed by atoms with Gasteiger partial charge in [-0.25, -0.2) is 4.79 Å². The van der Waals surface area contributed by atoms with Gasteiger partial charge in [0.2, 0.25) is 0 Å². The Labute approximate surface area is 110 Å². The van der Waals surface area contributed by atoms with Gasteiger partial charge in [-0.3, -0.25) is 15.1 Å². The number of aliphatic hydroxyl groups is 1. The van der Waals surface area contributed by atoms with E-state index in [1.54, 1.807) is 0 Å². The Morgan fingerprint density at radius 3 is 2.89 bits per heavy atom. The highest BCUT2D eigenvalue weighted by Crippen LogP contribution is 2.31. The van der Waals surface area contributed by atoms with Crippen molar-refractivity contribution in [1.82, 2.24) is 4.98 Å². The van der Waals surface area contributed by atoms with Gasteiger partial charge in [0.05, 0.1) is 23.1 Å². The number of ether oxygens (including phenoxy) is 1. The summed E-state index contributed by atoms with van der Waals surface area (Å²) in [5.74, 6) is -0.726. The van der Waals surface area contributed by atoms with E-state index in [1.165, 1.54) is 6.20 Å². The van der Waals surface area contributed by atoms with Crippen LogP contribution in [-0.2, 0) is 9.53 Å². The summed E-state index contributed by atoms with van der Waals surface area (Å²) in [6.07, 6.45) is 2.37. The lowest BCUT2D eigenvalue weighted by Crippen LogP contribution is -2.34. The predicted octanol–water partition coefficient (Wildman–Crippen LogP) is 0.698. The van der Waals surface area contributed by atoms with Crippen LogP contribution in [0.4, 0.5) is 11.4 Å². The summed E-state index contributed by atoms with van der Waals surface area (Å²) >= 11 is 3.08. The Morgan fingerprint density at radius 1 is 1.72 bits per heavy atom. The number of pyridine rings is 1. The zero-order valence-electron chi connectivity index (χ0n) is 9.29. The first-order valence-electron chi connectivity index (χ1n) is 4.74. The third kappa shape index (κ3) is 3.14. The molecule has 98 valence electrons. The number of nitro groups is 1. The van der Waals surface area contributed by atoms with Crippen molar-refractivity contribution in [3.8, 4) is 0 Å². The van der Waals surface area contributed by atoms with Crippen molar-refractivity contribution in [2.45, 2.75) is 6.04 Å². The lowest BCUT2D eigenvalue weighted by Gasteiger charge is -2.15. The Morgan fingerprint density at radius 2 is 2.39 bits per heavy atom. The summed E-state index contributed by atoms with van der Waals surface area (Å²) < 4.78 is 4.76. The number of hydrogen-bond donors (Lipinski definition) is 2. The van der Waals surface area contributed by atoms with E-state index >= 15 is 0 Å². The summed E-state index contributed by atoms with van der Waals surface area (Å²) in [6, 6.07) is -1.09. The number of aromatic nitrogens is 1. The molecular formula is C9H10BrN3O5. The number of rotatable bonds is 5. The summed E-state index contributed by atoms with van der Waals surface area (Å²) in [5, 5.41) is 22.4. The van der Waals surface area contributed by atoms with Crippen LogP contribution in [0.1, 0.15) is 0 Å². The first kappa shape index (κ1) is 14.3. The Kier molecular flexibility index (Phi) is 4.98. The predicted molar refractivity (Wildman–Crippen MR) is 65.1 cm³/mol. The molecule has 0 spiro atoms. The van der Waals surface area contributed by atoms with Crippen LogP contribution in [0.15, 0.2) is 16.9 Å². The minimum atomic E-state index is -1.09. The van der Waals surface area contributed by atoms with Crippen LogP contribution < -0.4 is 5.32 Å². The normalized spacial score (nSPS) is 11.7. The molecule has 1 aromatic rings. The average Bonchev–Trinajstić information content (AvgIpc) is 2.36. The van der Waals surface area contributed by atoms with Gasteiger partial charge in [-0.15, -0.1) is 0 Å². The molecule has 0 amide bonds. The largest absolute Gasteiger partial charge is 0.467 e. The van der Waals surface area contributed by atoms with Gasteiger partial charge in [-0.2, -0.15) is 0 Å². The molecule has 1 aromatic heterocycles. The van der Waals surface area contributed by atoms with Crippen molar-refractivity contribution in [2.75, 3.05) is 19.0 Å². The minimum Gasteiger partial charge on any atom is -0.467 e. The number of anilines is 1. The fraction of sp³-hybridized carbons (Fsp3) is 0.333. The van der Waals surface area contributed by atoms with Crippen molar-refractivity contribution >= 4 is 33.3 Å². The molecule has 2 N–H and O–H groups in total. The molecule has 9 heteroatoms. The minimum absolute atomic E-state index is 0.0550. The average molecular weight is 320 g/mol. The van der Waals surface area contributed by atoms with E-state index in [2.05, 4.69) is 31.0 Å². The van der Waals surface area contributed by atoms with Gasteiger partial charge < -0.3 is 15.2 Å². The molecule has 1 unspecified atom stereocenters. The van der Waals surface area contributed by atoms with E-state index in [0.29, 0.717) is 4.47 Å². The number of aliphatic hydroxyl groups excluding tert-OH is 1. The first-order chi connectivity index (χ1) is 8.51. The van der Waals surface area contributed by atoms with E-state index in [4.69, 9.17) is 5.11 Å². The van der Waals surface area contributed by atoms with Crippen LogP contribution in [0.3, 0.4) is 0 Å². The summed E-state index contributed by atoms with van der Waals surface area (Å²) in [7, 11) is 1.16. The van der Waals surface area contributed by atoms with Crippen LogP contribution in [0.2, 0.25) is 0 Å². The summed E-state index contributed by atoms with van der Waals surface area (Å²) in [5.41, 5.74) is -0.258. The van der Waals surface area contributed by atoms with Crippen molar-refractivity contribution in [1.29, 1.82) is 0 Å². The number of methoxy groups -OCH3 is 1. The number of carbonyl (C=O) groups excluding carboxylic acids is 1. The standard InChI is InChI=1S/C9H10BrN3O5/c1-18-9(15)6(4-14)12-8-5(10)2-11-3-7(8)13(16)17/h2-3,6,14H,4H2,1H3,(H,11,12). The quantitative estimate of drug-likeness (QED) is 0.466. The number of hydrogen-bond acceptors (Lipinski definition) is 7. The van der Waals surface area contributed by atoms with Crippen molar-refractivity contribution < 1.29 is 19.6 Å². The lowest BCUT2D eigenvalue weighted by atomic mass is 10.2. The highest BCUT2D eigenvalue weighted by Gasteiger charge is 2.24.